The monoisotopic (exact) mass is 350 g/mol. The van der Waals surface area contributed by atoms with Crippen molar-refractivity contribution in [2.75, 3.05) is 18.4 Å². The molecule has 2 aromatic rings. The third kappa shape index (κ3) is 3.36. The molecule has 4 nitrogen and oxygen atoms in total. The number of hydrogen-bond acceptors (Lipinski definition) is 2. The number of anilines is 1. The van der Waals surface area contributed by atoms with E-state index in [1.165, 1.54) is 0 Å². The third-order valence-electron chi connectivity index (χ3n) is 5.39. The van der Waals surface area contributed by atoms with E-state index in [1.807, 2.05) is 56.3 Å². The Kier molecular flexibility index (Phi) is 5.40. The van der Waals surface area contributed by atoms with Crippen LogP contribution in [-0.4, -0.2) is 29.8 Å². The summed E-state index contributed by atoms with van der Waals surface area (Å²) in [6.45, 7) is 5.27. The number of nitrogens with zero attached hydrogens (tertiary/aromatic N) is 1. The molecule has 2 aromatic carbocycles. The quantitative estimate of drug-likeness (QED) is 0.847. The molecule has 4 heteroatoms. The van der Waals surface area contributed by atoms with Crippen molar-refractivity contribution in [3.05, 3.63) is 65.7 Å². The lowest BCUT2D eigenvalue weighted by Crippen LogP contribution is -2.46. The van der Waals surface area contributed by atoms with Gasteiger partial charge in [0.2, 0.25) is 5.91 Å². The van der Waals surface area contributed by atoms with Crippen molar-refractivity contribution in [3.8, 4) is 0 Å². The summed E-state index contributed by atoms with van der Waals surface area (Å²) >= 11 is 0. The summed E-state index contributed by atoms with van der Waals surface area (Å²) in [6, 6.07) is 17.2. The minimum Gasteiger partial charge on any atom is -0.339 e. The number of amides is 2. The van der Waals surface area contributed by atoms with Gasteiger partial charge in [0.05, 0.1) is 5.41 Å². The Balaban J connectivity index is 1.80. The van der Waals surface area contributed by atoms with Crippen molar-refractivity contribution in [3.63, 3.8) is 0 Å². The summed E-state index contributed by atoms with van der Waals surface area (Å²) in [5.41, 5.74) is 1.91. The van der Waals surface area contributed by atoms with Crippen molar-refractivity contribution in [2.45, 2.75) is 38.5 Å². The predicted octanol–water partition coefficient (Wildman–Crippen LogP) is 4.23. The highest BCUT2D eigenvalue weighted by Crippen LogP contribution is 2.44. The minimum absolute atomic E-state index is 0.00693. The molecule has 0 aromatic heterocycles. The van der Waals surface area contributed by atoms with Crippen molar-refractivity contribution in [2.24, 2.45) is 0 Å². The molecule has 1 saturated carbocycles. The van der Waals surface area contributed by atoms with Crippen molar-refractivity contribution in [1.82, 2.24) is 4.90 Å². The Morgan fingerprint density at radius 1 is 1.00 bits per heavy atom. The van der Waals surface area contributed by atoms with Gasteiger partial charge in [-0.15, -0.1) is 0 Å². The van der Waals surface area contributed by atoms with Gasteiger partial charge >= 0.3 is 0 Å². The highest BCUT2D eigenvalue weighted by atomic mass is 16.2. The van der Waals surface area contributed by atoms with Gasteiger partial charge < -0.3 is 10.2 Å². The van der Waals surface area contributed by atoms with Gasteiger partial charge in [-0.2, -0.15) is 0 Å². The lowest BCUT2D eigenvalue weighted by atomic mass is 9.64. The number of rotatable bonds is 6. The fourth-order valence-electron chi connectivity index (χ4n) is 3.61. The molecule has 3 rings (SSSR count). The van der Waals surface area contributed by atoms with E-state index in [-0.39, 0.29) is 11.8 Å². The largest absolute Gasteiger partial charge is 0.339 e. The average Bonchev–Trinajstić information content (AvgIpc) is 2.63. The number of carbonyl (C=O) groups is 2. The zero-order valence-corrected chi connectivity index (χ0v) is 15.5. The van der Waals surface area contributed by atoms with Crippen LogP contribution in [0.15, 0.2) is 54.6 Å². The van der Waals surface area contributed by atoms with E-state index in [1.54, 1.807) is 17.0 Å². The Labute approximate surface area is 155 Å². The zero-order valence-electron chi connectivity index (χ0n) is 15.5. The zero-order chi connectivity index (χ0) is 18.6. The van der Waals surface area contributed by atoms with Crippen LogP contribution in [0.3, 0.4) is 0 Å². The van der Waals surface area contributed by atoms with Crippen LogP contribution in [0.1, 0.15) is 49.0 Å². The molecule has 0 heterocycles. The molecule has 0 radical (unpaired) electrons. The highest BCUT2D eigenvalue weighted by Gasteiger charge is 2.45. The Morgan fingerprint density at radius 2 is 1.69 bits per heavy atom. The topological polar surface area (TPSA) is 49.4 Å². The summed E-state index contributed by atoms with van der Waals surface area (Å²) < 4.78 is 0. The Morgan fingerprint density at radius 3 is 2.27 bits per heavy atom. The molecule has 1 N–H and O–H groups in total. The van der Waals surface area contributed by atoms with Gasteiger partial charge in [-0.1, -0.05) is 42.8 Å². The fraction of sp³-hybridized carbons (Fsp3) is 0.364. The van der Waals surface area contributed by atoms with E-state index in [9.17, 15) is 9.59 Å². The number of hydrogen-bond donors (Lipinski definition) is 1. The maximum absolute atomic E-state index is 13.0. The number of nitrogens with one attached hydrogen (secondary N) is 1. The molecule has 1 aliphatic rings. The van der Waals surface area contributed by atoms with Gasteiger partial charge in [0.25, 0.3) is 5.91 Å². The molecule has 0 bridgehead atoms. The predicted molar refractivity (Wildman–Crippen MR) is 104 cm³/mol. The van der Waals surface area contributed by atoms with E-state index >= 15 is 0 Å². The number of carbonyl (C=O) groups excluding carboxylic acids is 2. The van der Waals surface area contributed by atoms with Crippen LogP contribution in [0.25, 0.3) is 0 Å². The van der Waals surface area contributed by atoms with Crippen LogP contribution in [0, 0.1) is 0 Å². The standard InChI is InChI=1S/C22H26N2O2/c1-3-24(4-2)20(25)17-10-8-13-19(16-17)23-21(26)22(14-9-15-22)18-11-6-5-7-12-18/h5-8,10-13,16H,3-4,9,14-15H2,1-2H3,(H,23,26). The van der Waals surface area contributed by atoms with Gasteiger partial charge in [0.15, 0.2) is 0 Å². The SMILES string of the molecule is CCN(CC)C(=O)c1cccc(NC(=O)C2(c3ccccc3)CCC2)c1. The summed E-state index contributed by atoms with van der Waals surface area (Å²) in [5.74, 6) is 0.00917. The van der Waals surface area contributed by atoms with E-state index in [0.717, 1.165) is 24.8 Å². The van der Waals surface area contributed by atoms with E-state index in [2.05, 4.69) is 5.32 Å². The molecule has 0 saturated heterocycles. The van der Waals surface area contributed by atoms with Crippen LogP contribution >= 0.6 is 0 Å². The molecule has 2 amide bonds. The molecule has 136 valence electrons. The van der Waals surface area contributed by atoms with Crippen molar-refractivity contribution < 1.29 is 9.59 Å². The molecule has 1 fully saturated rings. The normalized spacial score (nSPS) is 15.0. The van der Waals surface area contributed by atoms with Crippen LogP contribution < -0.4 is 5.32 Å². The summed E-state index contributed by atoms with van der Waals surface area (Å²) in [4.78, 5) is 27.4. The lowest BCUT2D eigenvalue weighted by molar-refractivity contribution is -0.124. The smallest absolute Gasteiger partial charge is 0.253 e. The molecular weight excluding hydrogens is 324 g/mol. The second-order valence-corrected chi connectivity index (χ2v) is 6.81. The highest BCUT2D eigenvalue weighted by molar-refractivity contribution is 6.01. The van der Waals surface area contributed by atoms with Gasteiger partial charge in [0.1, 0.15) is 0 Å². The van der Waals surface area contributed by atoms with Gasteiger partial charge in [0, 0.05) is 24.3 Å². The minimum atomic E-state index is -0.444. The van der Waals surface area contributed by atoms with Crippen LogP contribution in [0.4, 0.5) is 5.69 Å². The molecule has 0 spiro atoms. The molecular formula is C22H26N2O2. The number of benzene rings is 2. The lowest BCUT2D eigenvalue weighted by Gasteiger charge is -2.40. The average molecular weight is 350 g/mol. The first kappa shape index (κ1) is 18.2. The maximum Gasteiger partial charge on any atom is 0.253 e. The molecule has 0 aliphatic heterocycles. The molecule has 0 unspecified atom stereocenters. The first-order valence-corrected chi connectivity index (χ1v) is 9.37. The summed E-state index contributed by atoms with van der Waals surface area (Å²) in [5, 5.41) is 3.04. The van der Waals surface area contributed by atoms with Gasteiger partial charge in [-0.3, -0.25) is 9.59 Å². The van der Waals surface area contributed by atoms with E-state index < -0.39 is 5.41 Å². The maximum atomic E-state index is 13.0. The van der Waals surface area contributed by atoms with Crippen LogP contribution in [0.5, 0.6) is 0 Å². The van der Waals surface area contributed by atoms with Gasteiger partial charge in [-0.25, -0.2) is 0 Å². The van der Waals surface area contributed by atoms with E-state index in [4.69, 9.17) is 0 Å². The third-order valence-corrected chi connectivity index (χ3v) is 5.39. The molecule has 0 atom stereocenters. The summed E-state index contributed by atoms with van der Waals surface area (Å²) in [7, 11) is 0. The van der Waals surface area contributed by atoms with Gasteiger partial charge in [-0.05, 0) is 50.5 Å². The van der Waals surface area contributed by atoms with E-state index in [0.29, 0.717) is 24.3 Å². The Bertz CT molecular complexity index is 778. The van der Waals surface area contributed by atoms with Crippen molar-refractivity contribution in [1.29, 1.82) is 0 Å². The van der Waals surface area contributed by atoms with Crippen molar-refractivity contribution >= 4 is 17.5 Å². The molecule has 26 heavy (non-hydrogen) atoms. The first-order chi connectivity index (χ1) is 12.6. The second-order valence-electron chi connectivity index (χ2n) is 6.81. The van der Waals surface area contributed by atoms with Crippen LogP contribution in [0.2, 0.25) is 0 Å². The second kappa shape index (κ2) is 7.73. The fourth-order valence-corrected chi connectivity index (χ4v) is 3.61. The first-order valence-electron chi connectivity index (χ1n) is 9.37. The summed E-state index contributed by atoms with van der Waals surface area (Å²) in [6.07, 6.45) is 2.78. The molecule has 1 aliphatic carbocycles. The van der Waals surface area contributed by atoms with Crippen LogP contribution in [-0.2, 0) is 10.2 Å². The Hall–Kier alpha value is -2.62.